The molecule has 0 atom stereocenters. The van der Waals surface area contributed by atoms with Crippen molar-refractivity contribution in [1.82, 2.24) is 10.2 Å². The number of nitrogens with zero attached hydrogens (tertiary/aromatic N) is 1. The Morgan fingerprint density at radius 1 is 1.12 bits per heavy atom. The van der Waals surface area contributed by atoms with Crippen molar-refractivity contribution >= 4 is 34.4 Å². The van der Waals surface area contributed by atoms with Gasteiger partial charge in [-0.15, -0.1) is 0 Å². The summed E-state index contributed by atoms with van der Waals surface area (Å²) in [6.45, 7) is 1.21. The second-order valence-electron chi connectivity index (χ2n) is 3.74. The lowest BCUT2D eigenvalue weighted by molar-refractivity contribution is -0.136. The standard InChI is InChI=1S/C11H11IN2O2/c12-9-3-1-8(2-4-9)5-14-6-10(15)13-11(16)7-14/h1-4H,5-7H2,(H,13,15,16). The van der Waals surface area contributed by atoms with Gasteiger partial charge in [0.05, 0.1) is 13.1 Å². The number of imide groups is 1. The molecule has 0 spiro atoms. The maximum atomic E-state index is 11.2. The molecule has 1 N–H and O–H groups in total. The average Bonchev–Trinajstić information content (AvgIpc) is 2.20. The topological polar surface area (TPSA) is 49.4 Å². The minimum Gasteiger partial charge on any atom is -0.294 e. The van der Waals surface area contributed by atoms with Crippen molar-refractivity contribution in [3.63, 3.8) is 0 Å². The van der Waals surface area contributed by atoms with Crippen LogP contribution in [-0.4, -0.2) is 29.8 Å². The van der Waals surface area contributed by atoms with Crippen LogP contribution in [0.4, 0.5) is 0 Å². The van der Waals surface area contributed by atoms with Gasteiger partial charge in [-0.2, -0.15) is 0 Å². The molecule has 0 aromatic heterocycles. The number of benzene rings is 1. The number of hydrogen-bond acceptors (Lipinski definition) is 3. The highest BCUT2D eigenvalue weighted by atomic mass is 127. The molecule has 4 nitrogen and oxygen atoms in total. The summed E-state index contributed by atoms with van der Waals surface area (Å²) in [5, 5.41) is 2.28. The van der Waals surface area contributed by atoms with Crippen LogP contribution in [0.5, 0.6) is 0 Å². The lowest BCUT2D eigenvalue weighted by atomic mass is 10.2. The molecule has 1 aliphatic rings. The number of rotatable bonds is 2. The van der Waals surface area contributed by atoms with E-state index in [4.69, 9.17) is 0 Å². The number of hydrogen-bond donors (Lipinski definition) is 1. The smallest absolute Gasteiger partial charge is 0.240 e. The summed E-state index contributed by atoms with van der Waals surface area (Å²) in [4.78, 5) is 24.1. The van der Waals surface area contributed by atoms with Crippen LogP contribution in [0.2, 0.25) is 0 Å². The minimum atomic E-state index is -0.221. The molecule has 2 rings (SSSR count). The quantitative estimate of drug-likeness (QED) is 0.643. The molecule has 2 amide bonds. The molecule has 5 heteroatoms. The summed E-state index contributed by atoms with van der Waals surface area (Å²) in [5.74, 6) is -0.441. The molecule has 0 radical (unpaired) electrons. The third-order valence-electron chi connectivity index (χ3n) is 2.33. The van der Waals surface area contributed by atoms with Gasteiger partial charge in [0.1, 0.15) is 0 Å². The van der Waals surface area contributed by atoms with Crippen molar-refractivity contribution < 1.29 is 9.59 Å². The van der Waals surface area contributed by atoms with Gasteiger partial charge in [-0.05, 0) is 40.3 Å². The summed E-state index contributed by atoms with van der Waals surface area (Å²) >= 11 is 2.24. The van der Waals surface area contributed by atoms with Crippen LogP contribution in [0.25, 0.3) is 0 Å². The summed E-state index contributed by atoms with van der Waals surface area (Å²) in [6, 6.07) is 8.06. The van der Waals surface area contributed by atoms with Crippen LogP contribution in [0, 0.1) is 3.57 Å². The second kappa shape index (κ2) is 4.92. The molecule has 16 heavy (non-hydrogen) atoms. The Balaban J connectivity index is 2.01. The largest absolute Gasteiger partial charge is 0.294 e. The van der Waals surface area contributed by atoms with E-state index in [1.54, 1.807) is 0 Å². The summed E-state index contributed by atoms with van der Waals surface area (Å²) in [7, 11) is 0. The number of amides is 2. The Hall–Kier alpha value is -0.950. The third-order valence-corrected chi connectivity index (χ3v) is 3.05. The van der Waals surface area contributed by atoms with E-state index < -0.39 is 0 Å². The molecule has 0 aliphatic carbocycles. The zero-order valence-corrected chi connectivity index (χ0v) is 10.7. The molecule has 0 saturated carbocycles. The van der Waals surface area contributed by atoms with E-state index in [-0.39, 0.29) is 24.9 Å². The molecule has 84 valence electrons. The van der Waals surface area contributed by atoms with Crippen molar-refractivity contribution in [2.24, 2.45) is 0 Å². The highest BCUT2D eigenvalue weighted by Crippen LogP contribution is 2.09. The van der Waals surface area contributed by atoms with Gasteiger partial charge in [0.25, 0.3) is 0 Å². The van der Waals surface area contributed by atoms with E-state index in [0.29, 0.717) is 6.54 Å². The van der Waals surface area contributed by atoms with E-state index in [0.717, 1.165) is 5.56 Å². The summed E-state index contributed by atoms with van der Waals surface area (Å²) in [6.07, 6.45) is 0. The maximum Gasteiger partial charge on any atom is 0.240 e. The van der Waals surface area contributed by atoms with Crippen LogP contribution in [0.15, 0.2) is 24.3 Å². The first-order valence-corrected chi connectivity index (χ1v) is 6.01. The van der Waals surface area contributed by atoms with Gasteiger partial charge >= 0.3 is 0 Å². The zero-order chi connectivity index (χ0) is 11.5. The maximum absolute atomic E-state index is 11.2. The van der Waals surface area contributed by atoms with Gasteiger partial charge in [0.2, 0.25) is 11.8 Å². The van der Waals surface area contributed by atoms with Crippen molar-refractivity contribution in [3.8, 4) is 0 Å². The van der Waals surface area contributed by atoms with Crippen molar-refractivity contribution in [3.05, 3.63) is 33.4 Å². The fourth-order valence-corrected chi connectivity index (χ4v) is 2.02. The summed E-state index contributed by atoms with van der Waals surface area (Å²) in [5.41, 5.74) is 1.11. The Labute approximate surface area is 107 Å². The number of nitrogens with one attached hydrogen (secondary N) is 1. The highest BCUT2D eigenvalue weighted by Gasteiger charge is 2.21. The van der Waals surface area contributed by atoms with Crippen LogP contribution in [0.3, 0.4) is 0 Å². The van der Waals surface area contributed by atoms with Gasteiger partial charge in [0, 0.05) is 10.1 Å². The summed E-state index contributed by atoms with van der Waals surface area (Å²) < 4.78 is 1.17. The fourth-order valence-electron chi connectivity index (χ4n) is 1.66. The van der Waals surface area contributed by atoms with Gasteiger partial charge < -0.3 is 0 Å². The molecule has 1 aromatic carbocycles. The number of halogens is 1. The SMILES string of the molecule is O=C1CN(Cc2ccc(I)cc2)CC(=O)N1. The second-order valence-corrected chi connectivity index (χ2v) is 4.99. The monoisotopic (exact) mass is 330 g/mol. The van der Waals surface area contributed by atoms with E-state index in [1.165, 1.54) is 3.57 Å². The average molecular weight is 330 g/mol. The molecular formula is C11H11IN2O2. The first-order chi connectivity index (χ1) is 7.63. The van der Waals surface area contributed by atoms with E-state index in [1.807, 2.05) is 29.2 Å². The Bertz CT molecular complexity index is 400. The molecule has 0 bridgehead atoms. The first kappa shape index (κ1) is 11.5. The van der Waals surface area contributed by atoms with Crippen LogP contribution in [-0.2, 0) is 16.1 Å². The van der Waals surface area contributed by atoms with E-state index in [2.05, 4.69) is 27.9 Å². The Morgan fingerprint density at radius 2 is 1.69 bits per heavy atom. The molecule has 1 aromatic rings. The van der Waals surface area contributed by atoms with Crippen LogP contribution in [0.1, 0.15) is 5.56 Å². The van der Waals surface area contributed by atoms with Crippen molar-refractivity contribution in [2.45, 2.75) is 6.54 Å². The van der Waals surface area contributed by atoms with E-state index >= 15 is 0 Å². The molecule has 1 heterocycles. The van der Waals surface area contributed by atoms with Crippen LogP contribution < -0.4 is 5.32 Å². The van der Waals surface area contributed by atoms with E-state index in [9.17, 15) is 9.59 Å². The molecule has 1 aliphatic heterocycles. The lowest BCUT2D eigenvalue weighted by Crippen LogP contribution is -2.50. The Kier molecular flexibility index (Phi) is 3.55. The zero-order valence-electron chi connectivity index (χ0n) is 8.57. The molecular weight excluding hydrogens is 319 g/mol. The first-order valence-electron chi connectivity index (χ1n) is 4.93. The third kappa shape index (κ3) is 3.02. The van der Waals surface area contributed by atoms with Gasteiger partial charge in [0.15, 0.2) is 0 Å². The number of carbonyl (C=O) groups is 2. The fraction of sp³-hybridized carbons (Fsp3) is 0.273. The normalized spacial score (nSPS) is 17.3. The highest BCUT2D eigenvalue weighted by molar-refractivity contribution is 14.1. The predicted octanol–water partition coefficient (Wildman–Crippen LogP) is 0.750. The van der Waals surface area contributed by atoms with Gasteiger partial charge in [-0.1, -0.05) is 12.1 Å². The van der Waals surface area contributed by atoms with Crippen LogP contribution >= 0.6 is 22.6 Å². The van der Waals surface area contributed by atoms with Gasteiger partial charge in [-0.25, -0.2) is 0 Å². The van der Waals surface area contributed by atoms with Crippen molar-refractivity contribution in [2.75, 3.05) is 13.1 Å². The number of carbonyl (C=O) groups excluding carboxylic acids is 2. The minimum absolute atomic E-state index is 0.221. The molecule has 1 saturated heterocycles. The van der Waals surface area contributed by atoms with Gasteiger partial charge in [-0.3, -0.25) is 19.8 Å². The lowest BCUT2D eigenvalue weighted by Gasteiger charge is -2.25. The number of piperazine rings is 1. The molecule has 0 unspecified atom stereocenters. The predicted molar refractivity (Wildman–Crippen MR) is 67.6 cm³/mol. The molecule has 1 fully saturated rings. The van der Waals surface area contributed by atoms with Crippen molar-refractivity contribution in [1.29, 1.82) is 0 Å². The Morgan fingerprint density at radius 3 is 2.25 bits per heavy atom.